The molecule has 0 radical (unpaired) electrons. The molecule has 0 aliphatic heterocycles. The fourth-order valence-electron chi connectivity index (χ4n) is 0.630. The predicted molar refractivity (Wildman–Crippen MR) is 48.7 cm³/mol. The Hall–Kier alpha value is -0.730. The fourth-order valence-corrected chi connectivity index (χ4v) is 2.10. The van der Waals surface area contributed by atoms with Crippen molar-refractivity contribution >= 4 is 34.9 Å². The average Bonchev–Trinajstić information content (AvgIpc) is 2.72. The molecule has 0 saturated heterocycles. The van der Waals surface area contributed by atoms with Crippen molar-refractivity contribution in [2.75, 3.05) is 0 Å². The summed E-state index contributed by atoms with van der Waals surface area (Å²) < 4.78 is 4.31. The van der Waals surface area contributed by atoms with E-state index in [1.165, 1.54) is 23.3 Å². The number of hydrogen-bond donors (Lipinski definition) is 1. The van der Waals surface area contributed by atoms with Crippen LogP contribution in [0.5, 0.6) is 0 Å². The summed E-state index contributed by atoms with van der Waals surface area (Å²) in [6.07, 6.45) is 0. The summed E-state index contributed by atoms with van der Waals surface area (Å²) in [7, 11) is 0. The summed E-state index contributed by atoms with van der Waals surface area (Å²) in [5.74, 6) is 0.606. The number of halogens is 1. The molecule has 0 atom stereocenters. The van der Waals surface area contributed by atoms with Gasteiger partial charge in [0.2, 0.25) is 5.16 Å². The van der Waals surface area contributed by atoms with Gasteiger partial charge in [-0.05, 0) is 5.21 Å². The molecule has 0 amide bonds. The highest BCUT2D eigenvalue weighted by Crippen LogP contribution is 2.24. The molecule has 0 fully saturated rings. The summed E-state index contributed by atoms with van der Waals surface area (Å²) in [5, 5.41) is 17.7. The number of nitrogens with one attached hydrogen (secondary N) is 1. The van der Waals surface area contributed by atoms with E-state index in [0.29, 0.717) is 15.2 Å². The first-order chi connectivity index (χ1) is 6.36. The van der Waals surface area contributed by atoms with Gasteiger partial charge in [-0.25, -0.2) is 0 Å². The average molecular weight is 235 g/mol. The van der Waals surface area contributed by atoms with Gasteiger partial charge in [-0.3, -0.25) is 0 Å². The number of thioether (sulfide) groups is 1. The quantitative estimate of drug-likeness (QED) is 0.798. The van der Waals surface area contributed by atoms with Gasteiger partial charge >= 0.3 is 0 Å². The molecule has 2 aromatic heterocycles. The van der Waals surface area contributed by atoms with E-state index in [1.807, 2.05) is 0 Å². The van der Waals surface area contributed by atoms with E-state index in [0.717, 1.165) is 5.69 Å². The second kappa shape index (κ2) is 3.99. The molecule has 0 spiro atoms. The van der Waals surface area contributed by atoms with E-state index in [1.54, 1.807) is 0 Å². The molecular weight excluding hydrogens is 232 g/mol. The van der Waals surface area contributed by atoms with Gasteiger partial charge in [0, 0.05) is 17.3 Å². The number of nitrogens with zero attached hydrogens (tertiary/aromatic N) is 5. The van der Waals surface area contributed by atoms with Crippen LogP contribution in [0.25, 0.3) is 0 Å². The molecule has 13 heavy (non-hydrogen) atoms. The minimum Gasteiger partial charge on any atom is -0.176 e. The third-order valence-electron chi connectivity index (χ3n) is 1.17. The largest absolute Gasteiger partial charge is 0.231 e. The Balaban J connectivity index is 1.97. The van der Waals surface area contributed by atoms with Crippen LogP contribution in [0.4, 0.5) is 0 Å². The number of H-pyrrole nitrogens is 1. The molecule has 0 bridgehead atoms. The fraction of sp³-hybridized carbons (Fsp3) is 0.250. The molecule has 6 nitrogen and oxygen atoms in total. The van der Waals surface area contributed by atoms with Crippen molar-refractivity contribution in [2.24, 2.45) is 0 Å². The van der Waals surface area contributed by atoms with Crippen LogP contribution in [0, 0.1) is 0 Å². The molecule has 0 unspecified atom stereocenters. The van der Waals surface area contributed by atoms with Crippen LogP contribution in [0.1, 0.15) is 5.69 Å². The van der Waals surface area contributed by atoms with Crippen LogP contribution in [0.3, 0.4) is 0 Å². The first kappa shape index (κ1) is 8.85. The first-order valence-corrected chi connectivity index (χ1v) is 5.33. The smallest absolute Gasteiger partial charge is 0.176 e. The molecule has 2 rings (SSSR count). The summed E-state index contributed by atoms with van der Waals surface area (Å²) in [4.78, 5) is 0. The first-order valence-electron chi connectivity index (χ1n) is 3.19. The molecule has 0 aliphatic carbocycles. The number of rotatable bonds is 3. The van der Waals surface area contributed by atoms with Gasteiger partial charge in [0.05, 0.1) is 0 Å². The van der Waals surface area contributed by atoms with Crippen LogP contribution in [-0.2, 0) is 5.75 Å². The van der Waals surface area contributed by atoms with Gasteiger partial charge in [0.25, 0.3) is 0 Å². The normalized spacial score (nSPS) is 10.5. The van der Waals surface area contributed by atoms with Gasteiger partial charge in [-0.2, -0.15) is 5.21 Å². The Morgan fingerprint density at radius 3 is 3.00 bits per heavy atom. The van der Waals surface area contributed by atoms with Crippen molar-refractivity contribution in [3.8, 4) is 0 Å². The predicted octanol–water partition coefficient (Wildman–Crippen LogP) is 0.997. The van der Waals surface area contributed by atoms with Gasteiger partial charge < -0.3 is 0 Å². The van der Waals surface area contributed by atoms with Gasteiger partial charge in [-0.1, -0.05) is 27.9 Å². The monoisotopic (exact) mass is 234 g/mol. The zero-order valence-electron chi connectivity index (χ0n) is 6.14. The maximum Gasteiger partial charge on any atom is 0.231 e. The van der Waals surface area contributed by atoms with E-state index in [-0.39, 0.29) is 0 Å². The molecule has 0 aliphatic rings. The second-order valence-electron chi connectivity index (χ2n) is 1.98. The van der Waals surface area contributed by atoms with Crippen LogP contribution in [0.15, 0.2) is 5.16 Å². The molecular formula is C4H3ClN6S2. The highest BCUT2D eigenvalue weighted by Gasteiger charge is 2.07. The summed E-state index contributed by atoms with van der Waals surface area (Å²) in [6.45, 7) is 0. The van der Waals surface area contributed by atoms with Crippen molar-refractivity contribution in [1.29, 1.82) is 0 Å². The Labute approximate surface area is 86.2 Å². The van der Waals surface area contributed by atoms with Crippen molar-refractivity contribution in [2.45, 2.75) is 10.9 Å². The zero-order valence-corrected chi connectivity index (χ0v) is 8.53. The van der Waals surface area contributed by atoms with Crippen molar-refractivity contribution in [3.05, 3.63) is 10.0 Å². The van der Waals surface area contributed by atoms with Gasteiger partial charge in [0.1, 0.15) is 10.0 Å². The van der Waals surface area contributed by atoms with Gasteiger partial charge in [0.15, 0.2) is 0 Å². The van der Waals surface area contributed by atoms with E-state index in [9.17, 15) is 0 Å². The molecule has 68 valence electrons. The molecule has 9 heteroatoms. The lowest BCUT2D eigenvalue weighted by atomic mass is 10.6. The SMILES string of the molecule is Clc1snnc1CSc1nn[nH]n1. The van der Waals surface area contributed by atoms with E-state index in [2.05, 4.69) is 30.2 Å². The summed E-state index contributed by atoms with van der Waals surface area (Å²) >= 11 is 8.37. The summed E-state index contributed by atoms with van der Waals surface area (Å²) in [5.41, 5.74) is 0.751. The molecule has 0 aromatic carbocycles. The minimum absolute atomic E-state index is 0.573. The van der Waals surface area contributed by atoms with Crippen LogP contribution in [-0.4, -0.2) is 30.2 Å². The van der Waals surface area contributed by atoms with E-state index in [4.69, 9.17) is 11.6 Å². The van der Waals surface area contributed by atoms with Crippen LogP contribution in [0.2, 0.25) is 4.34 Å². The Bertz CT molecular complexity index is 372. The molecule has 0 saturated carbocycles. The number of tetrazole rings is 1. The lowest BCUT2D eigenvalue weighted by Gasteiger charge is -1.90. The Kier molecular flexibility index (Phi) is 2.71. The second-order valence-corrected chi connectivity index (χ2v) is 4.28. The molecule has 1 N–H and O–H groups in total. The van der Waals surface area contributed by atoms with Crippen molar-refractivity contribution < 1.29 is 0 Å². The lowest BCUT2D eigenvalue weighted by molar-refractivity contribution is 0.881. The van der Waals surface area contributed by atoms with E-state index >= 15 is 0 Å². The summed E-state index contributed by atoms with van der Waals surface area (Å²) in [6, 6.07) is 0. The third kappa shape index (κ3) is 2.14. The topological polar surface area (TPSA) is 80.2 Å². The number of hydrogen-bond acceptors (Lipinski definition) is 7. The lowest BCUT2D eigenvalue weighted by Crippen LogP contribution is -1.83. The maximum atomic E-state index is 5.80. The van der Waals surface area contributed by atoms with Crippen LogP contribution >= 0.6 is 34.9 Å². The van der Waals surface area contributed by atoms with Crippen molar-refractivity contribution in [3.63, 3.8) is 0 Å². The maximum absolute atomic E-state index is 5.80. The number of aromatic nitrogens is 6. The highest BCUT2D eigenvalue weighted by atomic mass is 35.5. The number of aromatic amines is 1. The zero-order chi connectivity index (χ0) is 9.10. The van der Waals surface area contributed by atoms with Crippen LogP contribution < -0.4 is 0 Å². The third-order valence-corrected chi connectivity index (χ3v) is 3.01. The Morgan fingerprint density at radius 1 is 1.46 bits per heavy atom. The molecule has 2 aromatic rings. The van der Waals surface area contributed by atoms with Gasteiger partial charge in [-0.15, -0.1) is 15.3 Å². The molecule has 2 heterocycles. The minimum atomic E-state index is 0.573. The van der Waals surface area contributed by atoms with Crippen molar-refractivity contribution in [1.82, 2.24) is 30.2 Å². The highest BCUT2D eigenvalue weighted by molar-refractivity contribution is 7.98. The van der Waals surface area contributed by atoms with E-state index < -0.39 is 0 Å². The standard InChI is InChI=1S/C4H3ClN6S2/c5-3-2(6-11-13-3)1-12-4-7-9-10-8-4/h1H2,(H,7,8,9,10). The Morgan fingerprint density at radius 2 is 2.38 bits per heavy atom.